The second-order valence-corrected chi connectivity index (χ2v) is 4.98. The first-order valence-corrected chi connectivity index (χ1v) is 7.41. The van der Waals surface area contributed by atoms with Crippen LogP contribution in [0.5, 0.6) is 0 Å². The summed E-state index contributed by atoms with van der Waals surface area (Å²) in [5.41, 5.74) is 2.08. The lowest BCUT2D eigenvalue weighted by molar-refractivity contribution is 0.199. The van der Waals surface area contributed by atoms with Crippen LogP contribution in [0.25, 0.3) is 11.3 Å². The molecule has 2 rings (SSSR count). The monoisotopic (exact) mass is 292 g/mol. The molecule has 0 aliphatic rings. The van der Waals surface area contributed by atoms with Gasteiger partial charge in [-0.2, -0.15) is 5.10 Å². The predicted molar refractivity (Wildman–Crippen MR) is 81.1 cm³/mol. The van der Waals surface area contributed by atoms with Crippen LogP contribution in [0.4, 0.5) is 0 Å². The summed E-state index contributed by atoms with van der Waals surface area (Å²) in [6, 6.07) is 0. The maximum Gasteiger partial charge on any atom is 0.194 e. The van der Waals surface area contributed by atoms with Gasteiger partial charge in [-0.05, 0) is 19.4 Å². The van der Waals surface area contributed by atoms with Gasteiger partial charge in [0.05, 0.1) is 24.1 Å². The van der Waals surface area contributed by atoms with Gasteiger partial charge in [-0.3, -0.25) is 4.68 Å². The van der Waals surface area contributed by atoms with Gasteiger partial charge in [0.25, 0.3) is 0 Å². The zero-order valence-electron chi connectivity index (χ0n) is 13.1. The number of nitrogens with zero attached hydrogens (tertiary/aromatic N) is 3. The molecule has 0 fully saturated rings. The molecule has 0 aliphatic carbocycles. The lowest BCUT2D eigenvalue weighted by atomic mass is 10.2. The number of aromatic nitrogens is 3. The molecule has 0 aromatic carbocycles. The zero-order valence-corrected chi connectivity index (χ0v) is 13.1. The Labute approximate surface area is 125 Å². The lowest BCUT2D eigenvalue weighted by Gasteiger charge is -2.02. The molecule has 0 saturated carbocycles. The average molecular weight is 292 g/mol. The van der Waals surface area contributed by atoms with Gasteiger partial charge < -0.3 is 14.5 Å². The van der Waals surface area contributed by atoms with Crippen LogP contribution in [0.1, 0.15) is 24.9 Å². The van der Waals surface area contributed by atoms with Crippen molar-refractivity contribution < 1.29 is 9.15 Å². The van der Waals surface area contributed by atoms with Crippen molar-refractivity contribution in [2.45, 2.75) is 26.2 Å². The summed E-state index contributed by atoms with van der Waals surface area (Å²) >= 11 is 0. The van der Waals surface area contributed by atoms with Gasteiger partial charge in [-0.15, -0.1) is 0 Å². The highest BCUT2D eigenvalue weighted by atomic mass is 16.5. The summed E-state index contributed by atoms with van der Waals surface area (Å²) in [5, 5.41) is 7.73. The Morgan fingerprint density at radius 3 is 3.00 bits per heavy atom. The van der Waals surface area contributed by atoms with E-state index in [-0.39, 0.29) is 0 Å². The highest BCUT2D eigenvalue weighted by Gasteiger charge is 2.13. The van der Waals surface area contributed by atoms with E-state index in [1.807, 2.05) is 17.9 Å². The Balaban J connectivity index is 1.86. The van der Waals surface area contributed by atoms with Gasteiger partial charge in [0.1, 0.15) is 0 Å². The van der Waals surface area contributed by atoms with Crippen LogP contribution < -0.4 is 5.32 Å². The minimum atomic E-state index is 0.740. The Bertz CT molecular complexity index is 548. The second kappa shape index (κ2) is 7.95. The molecular formula is C15H24N4O2. The molecule has 6 heteroatoms. The second-order valence-electron chi connectivity index (χ2n) is 4.98. The summed E-state index contributed by atoms with van der Waals surface area (Å²) in [7, 11) is 3.63. The molecule has 0 spiro atoms. The number of methoxy groups -OCH3 is 1. The molecule has 0 radical (unpaired) electrons. The standard InChI is InChI=1S/C15H24N4O2/c1-4-13-12(11-19(2)18-13)14-10-17-15(21-14)6-5-7-16-8-9-20-3/h10-11,16H,4-9H2,1-3H3. The zero-order chi connectivity index (χ0) is 15.1. The van der Waals surface area contributed by atoms with E-state index < -0.39 is 0 Å². The number of rotatable bonds is 9. The summed E-state index contributed by atoms with van der Waals surface area (Å²) < 4.78 is 12.6. The molecule has 0 saturated heterocycles. The van der Waals surface area contributed by atoms with Gasteiger partial charge in [0, 0.05) is 33.3 Å². The summed E-state index contributed by atoms with van der Waals surface area (Å²) in [6.45, 7) is 4.65. The van der Waals surface area contributed by atoms with Crippen molar-refractivity contribution >= 4 is 0 Å². The van der Waals surface area contributed by atoms with Crippen LogP contribution in [-0.4, -0.2) is 41.6 Å². The SMILES string of the molecule is CCc1nn(C)cc1-c1cnc(CCCNCCOC)o1. The molecule has 2 aromatic heterocycles. The Hall–Kier alpha value is -1.66. The van der Waals surface area contributed by atoms with E-state index in [0.29, 0.717) is 0 Å². The van der Waals surface area contributed by atoms with Crippen molar-refractivity contribution in [3.05, 3.63) is 24.0 Å². The molecule has 116 valence electrons. The van der Waals surface area contributed by atoms with Gasteiger partial charge in [0.2, 0.25) is 0 Å². The third-order valence-electron chi connectivity index (χ3n) is 3.29. The summed E-state index contributed by atoms with van der Waals surface area (Å²) in [4.78, 5) is 4.36. The molecule has 0 bridgehead atoms. The van der Waals surface area contributed by atoms with Crippen LogP contribution in [0.2, 0.25) is 0 Å². The molecule has 0 aliphatic heterocycles. The molecule has 2 heterocycles. The fraction of sp³-hybridized carbons (Fsp3) is 0.600. The quantitative estimate of drug-likeness (QED) is 0.714. The lowest BCUT2D eigenvalue weighted by Crippen LogP contribution is -2.20. The van der Waals surface area contributed by atoms with Crippen LogP contribution in [0, 0.1) is 0 Å². The van der Waals surface area contributed by atoms with E-state index in [4.69, 9.17) is 9.15 Å². The van der Waals surface area contributed by atoms with Gasteiger partial charge in [-0.1, -0.05) is 6.92 Å². The maximum absolute atomic E-state index is 5.84. The minimum absolute atomic E-state index is 0.740. The molecule has 21 heavy (non-hydrogen) atoms. The molecule has 1 N–H and O–H groups in total. The Morgan fingerprint density at radius 2 is 2.24 bits per heavy atom. The maximum atomic E-state index is 5.84. The highest BCUT2D eigenvalue weighted by Crippen LogP contribution is 2.24. The molecule has 6 nitrogen and oxygen atoms in total. The van der Waals surface area contributed by atoms with Crippen molar-refractivity contribution in [2.75, 3.05) is 26.8 Å². The smallest absolute Gasteiger partial charge is 0.194 e. The number of aryl methyl sites for hydroxylation is 3. The number of hydrogen-bond acceptors (Lipinski definition) is 5. The average Bonchev–Trinajstić information content (AvgIpc) is 3.08. The number of hydrogen-bond donors (Lipinski definition) is 1. The first kappa shape index (κ1) is 15.7. The van der Waals surface area contributed by atoms with Crippen molar-refractivity contribution in [3.8, 4) is 11.3 Å². The normalized spacial score (nSPS) is 11.2. The van der Waals surface area contributed by atoms with Crippen LogP contribution in [0.3, 0.4) is 0 Å². The molecule has 0 amide bonds. The van der Waals surface area contributed by atoms with Crippen molar-refractivity contribution in [1.82, 2.24) is 20.1 Å². The Kier molecular flexibility index (Phi) is 5.95. The van der Waals surface area contributed by atoms with Crippen molar-refractivity contribution in [3.63, 3.8) is 0 Å². The van der Waals surface area contributed by atoms with Crippen molar-refractivity contribution in [1.29, 1.82) is 0 Å². The van der Waals surface area contributed by atoms with E-state index in [2.05, 4.69) is 22.3 Å². The molecular weight excluding hydrogens is 268 g/mol. The van der Waals surface area contributed by atoms with E-state index >= 15 is 0 Å². The first-order valence-electron chi connectivity index (χ1n) is 7.41. The van der Waals surface area contributed by atoms with Crippen LogP contribution >= 0.6 is 0 Å². The third kappa shape index (κ3) is 4.41. The molecule has 0 atom stereocenters. The molecule has 2 aromatic rings. The topological polar surface area (TPSA) is 65.1 Å². The Morgan fingerprint density at radius 1 is 1.38 bits per heavy atom. The predicted octanol–water partition coefficient (Wildman–Crippen LogP) is 1.81. The van der Waals surface area contributed by atoms with E-state index in [1.165, 1.54) is 0 Å². The van der Waals surface area contributed by atoms with E-state index in [9.17, 15) is 0 Å². The fourth-order valence-electron chi connectivity index (χ4n) is 2.22. The highest BCUT2D eigenvalue weighted by molar-refractivity contribution is 5.58. The van der Waals surface area contributed by atoms with Gasteiger partial charge in [-0.25, -0.2) is 4.98 Å². The third-order valence-corrected chi connectivity index (χ3v) is 3.29. The summed E-state index contributed by atoms with van der Waals surface area (Å²) in [6.07, 6.45) is 6.49. The number of nitrogens with one attached hydrogen (secondary N) is 1. The largest absolute Gasteiger partial charge is 0.441 e. The van der Waals surface area contributed by atoms with Gasteiger partial charge in [0.15, 0.2) is 11.7 Å². The minimum Gasteiger partial charge on any atom is -0.441 e. The van der Waals surface area contributed by atoms with Crippen molar-refractivity contribution in [2.24, 2.45) is 7.05 Å². The van der Waals surface area contributed by atoms with Gasteiger partial charge >= 0.3 is 0 Å². The van der Waals surface area contributed by atoms with E-state index in [1.54, 1.807) is 13.3 Å². The number of oxazole rings is 1. The summed E-state index contributed by atoms with van der Waals surface area (Å²) in [5.74, 6) is 1.59. The fourth-order valence-corrected chi connectivity index (χ4v) is 2.22. The number of ether oxygens (including phenoxy) is 1. The first-order chi connectivity index (χ1) is 10.2. The van der Waals surface area contributed by atoms with Crippen LogP contribution in [0.15, 0.2) is 16.8 Å². The molecule has 0 unspecified atom stereocenters. The van der Waals surface area contributed by atoms with Crippen LogP contribution in [-0.2, 0) is 24.6 Å². The van der Waals surface area contributed by atoms with E-state index in [0.717, 1.165) is 61.9 Å².